The number of halogens is 1. The van der Waals surface area contributed by atoms with Gasteiger partial charge in [0.2, 0.25) is 0 Å². The van der Waals surface area contributed by atoms with Crippen molar-refractivity contribution in [3.63, 3.8) is 0 Å². The van der Waals surface area contributed by atoms with Crippen LogP contribution in [0.4, 0.5) is 4.39 Å². The summed E-state index contributed by atoms with van der Waals surface area (Å²) in [6, 6.07) is 15.1. The van der Waals surface area contributed by atoms with Crippen molar-refractivity contribution in [3.05, 3.63) is 83.1 Å². The monoisotopic (exact) mass is 442 g/mol. The van der Waals surface area contributed by atoms with E-state index in [1.54, 1.807) is 18.3 Å². The molecule has 0 radical (unpaired) electrons. The number of benzene rings is 2. The number of nitrogens with zero attached hydrogens (tertiary/aromatic N) is 5. The number of piperidine rings is 1. The van der Waals surface area contributed by atoms with Gasteiger partial charge in [0.15, 0.2) is 0 Å². The summed E-state index contributed by atoms with van der Waals surface area (Å²) in [5.41, 5.74) is 6.82. The number of hydrogen-bond acceptors (Lipinski definition) is 5. The van der Waals surface area contributed by atoms with E-state index in [2.05, 4.69) is 52.7 Å². The van der Waals surface area contributed by atoms with Crippen LogP contribution in [0.2, 0.25) is 0 Å². The molecule has 7 heteroatoms. The molecule has 0 aliphatic carbocycles. The maximum atomic E-state index is 13.6. The molecule has 2 aromatic heterocycles. The predicted octanol–water partition coefficient (Wildman–Crippen LogP) is 4.67. The molecule has 3 heterocycles. The summed E-state index contributed by atoms with van der Waals surface area (Å²) < 4.78 is 15.6. The fraction of sp³-hybridized carbons (Fsp3) is 0.308. The lowest BCUT2D eigenvalue weighted by Gasteiger charge is -2.24. The number of nitrogens with one attached hydrogen (secondary N) is 1. The van der Waals surface area contributed by atoms with Crippen molar-refractivity contribution in [2.45, 2.75) is 39.2 Å². The van der Waals surface area contributed by atoms with Crippen molar-refractivity contribution in [3.8, 4) is 22.6 Å². The summed E-state index contributed by atoms with van der Waals surface area (Å²) >= 11 is 0. The topological polar surface area (TPSA) is 68.5 Å². The van der Waals surface area contributed by atoms with Crippen LogP contribution < -0.4 is 5.32 Å². The Bertz CT molecular complexity index is 1240. The number of hydrogen-bond donors (Lipinski definition) is 1. The highest BCUT2D eigenvalue weighted by Gasteiger charge is 2.25. The van der Waals surface area contributed by atoms with E-state index < -0.39 is 0 Å². The maximum absolute atomic E-state index is 13.6. The van der Waals surface area contributed by atoms with Crippen LogP contribution in [0.25, 0.3) is 22.6 Å². The molecule has 6 nitrogen and oxygen atoms in total. The van der Waals surface area contributed by atoms with Gasteiger partial charge in [0, 0.05) is 18.2 Å². The number of aromatic nitrogens is 5. The summed E-state index contributed by atoms with van der Waals surface area (Å²) in [4.78, 5) is 9.47. The minimum Gasteiger partial charge on any atom is -0.317 e. The summed E-state index contributed by atoms with van der Waals surface area (Å²) in [6.45, 7) is 6.09. The first-order valence-electron chi connectivity index (χ1n) is 11.4. The van der Waals surface area contributed by atoms with Crippen LogP contribution in [0.15, 0.2) is 54.7 Å². The predicted molar refractivity (Wildman–Crippen MR) is 126 cm³/mol. The highest BCUT2D eigenvalue weighted by atomic mass is 19.1. The van der Waals surface area contributed by atoms with Crippen molar-refractivity contribution in [1.82, 2.24) is 30.3 Å². The smallest absolute Gasteiger partial charge is 0.133 e. The molecule has 0 saturated carbocycles. The van der Waals surface area contributed by atoms with Gasteiger partial charge in [0.05, 0.1) is 11.7 Å². The van der Waals surface area contributed by atoms with Crippen molar-refractivity contribution in [2.75, 3.05) is 13.1 Å². The molecule has 2 aromatic carbocycles. The Morgan fingerprint density at radius 1 is 1.00 bits per heavy atom. The molecule has 1 aliphatic heterocycles. The van der Waals surface area contributed by atoms with E-state index in [9.17, 15) is 4.39 Å². The van der Waals surface area contributed by atoms with Crippen molar-refractivity contribution in [1.29, 1.82) is 0 Å². The van der Waals surface area contributed by atoms with Gasteiger partial charge in [-0.1, -0.05) is 34.5 Å². The molecule has 0 spiro atoms. The zero-order valence-corrected chi connectivity index (χ0v) is 18.9. The van der Waals surface area contributed by atoms with Crippen LogP contribution in [-0.4, -0.2) is 38.1 Å². The third-order valence-corrected chi connectivity index (χ3v) is 6.06. The second-order valence-electron chi connectivity index (χ2n) is 8.75. The van der Waals surface area contributed by atoms with Crippen LogP contribution >= 0.6 is 0 Å². The highest BCUT2D eigenvalue weighted by Crippen LogP contribution is 2.33. The van der Waals surface area contributed by atoms with Gasteiger partial charge in [-0.3, -0.25) is 0 Å². The second kappa shape index (κ2) is 9.19. The fourth-order valence-electron chi connectivity index (χ4n) is 4.61. The molecule has 0 amide bonds. The van der Waals surface area contributed by atoms with Crippen molar-refractivity contribution < 1.29 is 4.39 Å². The maximum Gasteiger partial charge on any atom is 0.133 e. The number of rotatable bonds is 5. The van der Waals surface area contributed by atoms with E-state index in [4.69, 9.17) is 4.98 Å². The van der Waals surface area contributed by atoms with Gasteiger partial charge in [-0.05, 0) is 75.7 Å². The zero-order valence-electron chi connectivity index (χ0n) is 18.9. The molecule has 1 saturated heterocycles. The molecule has 1 N–H and O–H groups in total. The lowest BCUT2D eigenvalue weighted by atomic mass is 10.0. The van der Waals surface area contributed by atoms with Gasteiger partial charge >= 0.3 is 0 Å². The zero-order chi connectivity index (χ0) is 22.8. The Morgan fingerprint density at radius 3 is 2.45 bits per heavy atom. The fourth-order valence-corrected chi connectivity index (χ4v) is 4.61. The third kappa shape index (κ3) is 4.68. The van der Waals surface area contributed by atoms with Gasteiger partial charge < -0.3 is 5.32 Å². The van der Waals surface area contributed by atoms with Crippen LogP contribution in [0.3, 0.4) is 0 Å². The Labute approximate surface area is 192 Å². The normalized spacial score (nSPS) is 14.5. The molecule has 0 atom stereocenters. The first-order chi connectivity index (χ1) is 16.1. The van der Waals surface area contributed by atoms with Crippen LogP contribution in [0.5, 0.6) is 0 Å². The average Bonchev–Trinajstić information content (AvgIpc) is 3.25. The average molecular weight is 443 g/mol. The van der Waals surface area contributed by atoms with Gasteiger partial charge in [-0.15, -0.1) is 5.10 Å². The summed E-state index contributed by atoms with van der Waals surface area (Å²) in [5.74, 6) is 0.476. The van der Waals surface area contributed by atoms with Crippen LogP contribution in [0, 0.1) is 19.7 Å². The van der Waals surface area contributed by atoms with Gasteiger partial charge in [0.25, 0.3) is 0 Å². The number of aryl methyl sites for hydroxylation is 2. The largest absolute Gasteiger partial charge is 0.317 e. The molecule has 1 aliphatic rings. The summed E-state index contributed by atoms with van der Waals surface area (Å²) in [5, 5.41) is 12.5. The van der Waals surface area contributed by atoms with Crippen LogP contribution in [0.1, 0.15) is 41.4 Å². The Balaban J connectivity index is 1.57. The van der Waals surface area contributed by atoms with Crippen molar-refractivity contribution >= 4 is 0 Å². The Morgan fingerprint density at radius 2 is 1.73 bits per heavy atom. The first kappa shape index (κ1) is 21.4. The SMILES string of the molecule is Cc1cc(C)cc(Cc2nccc(-c3c(-c4ccc(F)cc4)nnn3C3CCNCC3)n2)c1. The Kier molecular flexibility index (Phi) is 5.96. The molecule has 33 heavy (non-hydrogen) atoms. The summed E-state index contributed by atoms with van der Waals surface area (Å²) in [7, 11) is 0. The molecule has 5 rings (SSSR count). The van der Waals surface area contributed by atoms with Crippen LogP contribution in [-0.2, 0) is 6.42 Å². The van der Waals surface area contributed by atoms with Gasteiger partial charge in [0.1, 0.15) is 23.0 Å². The molecular weight excluding hydrogens is 415 g/mol. The van der Waals surface area contributed by atoms with E-state index in [0.29, 0.717) is 12.1 Å². The van der Waals surface area contributed by atoms with E-state index in [-0.39, 0.29) is 11.9 Å². The highest BCUT2D eigenvalue weighted by molar-refractivity contribution is 5.76. The Hall–Kier alpha value is -3.45. The van der Waals surface area contributed by atoms with E-state index >= 15 is 0 Å². The molecule has 1 fully saturated rings. The molecule has 4 aromatic rings. The van der Waals surface area contributed by atoms with E-state index in [0.717, 1.165) is 48.7 Å². The second-order valence-corrected chi connectivity index (χ2v) is 8.75. The molecular formula is C26H27FN6. The van der Waals surface area contributed by atoms with Gasteiger partial charge in [-0.25, -0.2) is 19.0 Å². The lowest BCUT2D eigenvalue weighted by Crippen LogP contribution is -2.30. The summed E-state index contributed by atoms with van der Waals surface area (Å²) in [6.07, 6.45) is 4.39. The van der Waals surface area contributed by atoms with E-state index in [1.165, 1.54) is 28.8 Å². The van der Waals surface area contributed by atoms with Crippen molar-refractivity contribution in [2.24, 2.45) is 0 Å². The van der Waals surface area contributed by atoms with Gasteiger partial charge in [-0.2, -0.15) is 0 Å². The molecule has 0 unspecified atom stereocenters. The minimum atomic E-state index is -0.274. The van der Waals surface area contributed by atoms with E-state index in [1.807, 2.05) is 10.7 Å². The third-order valence-electron chi connectivity index (χ3n) is 6.06. The molecule has 0 bridgehead atoms. The standard InChI is InChI=1S/C26H27FN6/c1-17-13-18(2)15-19(14-17)16-24-29-12-9-23(30-24)26-25(20-3-5-21(27)6-4-20)31-32-33(26)22-7-10-28-11-8-22/h3-6,9,12-15,22,28H,7-8,10-11,16H2,1-2H3. The first-order valence-corrected chi connectivity index (χ1v) is 11.4. The lowest BCUT2D eigenvalue weighted by molar-refractivity contribution is 0.340. The minimum absolute atomic E-state index is 0.237. The molecule has 168 valence electrons. The quantitative estimate of drug-likeness (QED) is 0.486.